The van der Waals surface area contributed by atoms with Crippen molar-refractivity contribution in [2.75, 3.05) is 26.2 Å². The van der Waals surface area contributed by atoms with Gasteiger partial charge in [-0.2, -0.15) is 4.31 Å². The Morgan fingerprint density at radius 3 is 2.27 bits per heavy atom. The van der Waals surface area contributed by atoms with E-state index in [-0.39, 0.29) is 37.0 Å². The first-order chi connectivity index (χ1) is 15.9. The summed E-state index contributed by atoms with van der Waals surface area (Å²) in [7, 11) is -4.05. The number of amides is 1. The molecular weight excluding hydrogens is 448 g/mol. The number of rotatable bonds is 6. The number of para-hydroxylation sites is 1. The second kappa shape index (κ2) is 9.35. The van der Waals surface area contributed by atoms with Gasteiger partial charge in [-0.05, 0) is 42.5 Å². The molecule has 0 bridgehead atoms. The highest BCUT2D eigenvalue weighted by Gasteiger charge is 2.34. The highest BCUT2D eigenvalue weighted by molar-refractivity contribution is 7.89. The number of carbonyl (C=O) groups excluding carboxylic acids is 1. The Kier molecular flexibility index (Phi) is 6.33. The highest BCUT2D eigenvalue weighted by Crippen LogP contribution is 2.27. The van der Waals surface area contributed by atoms with Crippen LogP contribution in [0.4, 0.5) is 5.69 Å². The standard InChI is InChI=1S/C22H20N4O6S/c27-22(17-7-9-18(10-8-17)32-19-4-3-11-23-16-19)24-12-14-25(15-13-24)33(30,31)21-6-2-1-5-20(21)26(28)29/h1-11,16H,12-15H2. The van der Waals surface area contributed by atoms with Crippen molar-refractivity contribution in [2.45, 2.75) is 4.90 Å². The molecule has 0 spiro atoms. The molecule has 1 amide bonds. The van der Waals surface area contributed by atoms with Crippen LogP contribution in [0.5, 0.6) is 11.5 Å². The van der Waals surface area contributed by atoms with Gasteiger partial charge in [0.2, 0.25) is 10.0 Å². The van der Waals surface area contributed by atoms with Gasteiger partial charge in [0.1, 0.15) is 11.5 Å². The van der Waals surface area contributed by atoms with Gasteiger partial charge in [-0.25, -0.2) is 8.42 Å². The summed E-state index contributed by atoms with van der Waals surface area (Å²) in [6.45, 7) is 0.434. The molecule has 1 fully saturated rings. The van der Waals surface area contributed by atoms with Crippen LogP contribution in [-0.2, 0) is 10.0 Å². The number of ether oxygens (including phenoxy) is 1. The minimum atomic E-state index is -4.05. The molecule has 0 unspecified atom stereocenters. The summed E-state index contributed by atoms with van der Waals surface area (Å²) in [6, 6.07) is 15.4. The van der Waals surface area contributed by atoms with Crippen LogP contribution < -0.4 is 4.74 Å². The first-order valence-corrected chi connectivity index (χ1v) is 11.5. The number of sulfonamides is 1. The average molecular weight is 468 g/mol. The van der Waals surface area contributed by atoms with Gasteiger partial charge in [0.15, 0.2) is 4.90 Å². The normalized spacial score (nSPS) is 14.6. The molecule has 0 N–H and O–H groups in total. The Labute approximate surface area is 190 Å². The molecule has 11 heteroatoms. The molecule has 1 saturated heterocycles. The van der Waals surface area contributed by atoms with Gasteiger partial charge in [-0.15, -0.1) is 0 Å². The fraction of sp³-hybridized carbons (Fsp3) is 0.182. The van der Waals surface area contributed by atoms with Crippen molar-refractivity contribution in [1.82, 2.24) is 14.2 Å². The summed E-state index contributed by atoms with van der Waals surface area (Å²) >= 11 is 0. The monoisotopic (exact) mass is 468 g/mol. The number of nitro benzene ring substituents is 1. The molecule has 1 aliphatic heterocycles. The molecule has 1 aliphatic rings. The molecule has 10 nitrogen and oxygen atoms in total. The topological polar surface area (TPSA) is 123 Å². The van der Waals surface area contributed by atoms with Crippen LogP contribution in [0.1, 0.15) is 10.4 Å². The Morgan fingerprint density at radius 2 is 1.64 bits per heavy atom. The predicted octanol–water partition coefficient (Wildman–Crippen LogP) is 2.93. The highest BCUT2D eigenvalue weighted by atomic mass is 32.2. The first-order valence-electron chi connectivity index (χ1n) is 10.1. The summed E-state index contributed by atoms with van der Waals surface area (Å²) in [4.78, 5) is 28.6. The molecule has 4 rings (SSSR count). The molecule has 0 aliphatic carbocycles. The fourth-order valence-electron chi connectivity index (χ4n) is 3.49. The van der Waals surface area contributed by atoms with Crippen molar-refractivity contribution in [3.8, 4) is 11.5 Å². The average Bonchev–Trinajstić information content (AvgIpc) is 2.85. The summed E-state index contributed by atoms with van der Waals surface area (Å²) < 4.78 is 32.7. The van der Waals surface area contributed by atoms with Crippen molar-refractivity contribution in [1.29, 1.82) is 0 Å². The van der Waals surface area contributed by atoms with E-state index in [1.807, 2.05) is 0 Å². The number of nitro groups is 1. The molecule has 33 heavy (non-hydrogen) atoms. The maximum absolute atomic E-state index is 12.9. The number of hydrogen-bond acceptors (Lipinski definition) is 7. The van der Waals surface area contributed by atoms with Crippen LogP contribution >= 0.6 is 0 Å². The van der Waals surface area contributed by atoms with Gasteiger partial charge in [0.25, 0.3) is 11.6 Å². The summed E-state index contributed by atoms with van der Waals surface area (Å²) in [5.41, 5.74) is -0.0202. The van der Waals surface area contributed by atoms with Crippen LogP contribution in [0, 0.1) is 10.1 Å². The molecule has 1 aromatic heterocycles. The van der Waals surface area contributed by atoms with Crippen molar-refractivity contribution in [2.24, 2.45) is 0 Å². The molecule has 2 heterocycles. The van der Waals surface area contributed by atoms with E-state index in [1.54, 1.807) is 53.7 Å². The van der Waals surface area contributed by atoms with E-state index in [2.05, 4.69) is 4.98 Å². The van der Waals surface area contributed by atoms with Crippen LogP contribution in [-0.4, -0.2) is 59.6 Å². The van der Waals surface area contributed by atoms with E-state index in [4.69, 9.17) is 4.74 Å². The number of aromatic nitrogens is 1. The van der Waals surface area contributed by atoms with E-state index in [9.17, 15) is 23.3 Å². The zero-order chi connectivity index (χ0) is 23.4. The molecule has 0 atom stereocenters. The molecule has 0 radical (unpaired) electrons. The molecule has 2 aromatic carbocycles. The molecule has 3 aromatic rings. The van der Waals surface area contributed by atoms with E-state index in [0.717, 1.165) is 6.07 Å². The molecule has 0 saturated carbocycles. The maximum atomic E-state index is 12.9. The minimum absolute atomic E-state index is 0.0440. The SMILES string of the molecule is O=C(c1ccc(Oc2cccnc2)cc1)N1CCN(S(=O)(=O)c2ccccc2[N+](=O)[O-])CC1. The second-order valence-electron chi connectivity index (χ2n) is 7.24. The van der Waals surface area contributed by atoms with Crippen LogP contribution in [0.2, 0.25) is 0 Å². The zero-order valence-corrected chi connectivity index (χ0v) is 18.2. The lowest BCUT2D eigenvalue weighted by Crippen LogP contribution is -2.50. The lowest BCUT2D eigenvalue weighted by Gasteiger charge is -2.34. The van der Waals surface area contributed by atoms with E-state index in [0.29, 0.717) is 17.1 Å². The molecule has 170 valence electrons. The van der Waals surface area contributed by atoms with Crippen LogP contribution in [0.3, 0.4) is 0 Å². The largest absolute Gasteiger partial charge is 0.456 e. The van der Waals surface area contributed by atoms with Crippen LogP contribution in [0.25, 0.3) is 0 Å². The second-order valence-corrected chi connectivity index (χ2v) is 9.14. The number of piperazine rings is 1. The van der Waals surface area contributed by atoms with Gasteiger partial charge < -0.3 is 9.64 Å². The fourth-order valence-corrected chi connectivity index (χ4v) is 5.07. The van der Waals surface area contributed by atoms with E-state index >= 15 is 0 Å². The summed E-state index contributed by atoms with van der Waals surface area (Å²) in [5, 5.41) is 11.2. The third-order valence-electron chi connectivity index (χ3n) is 5.18. The van der Waals surface area contributed by atoms with Crippen LogP contribution in [0.15, 0.2) is 78.0 Å². The van der Waals surface area contributed by atoms with Gasteiger partial charge in [0.05, 0.1) is 11.1 Å². The number of hydrogen-bond donors (Lipinski definition) is 0. The maximum Gasteiger partial charge on any atom is 0.289 e. The van der Waals surface area contributed by atoms with Crippen molar-refractivity contribution in [3.63, 3.8) is 0 Å². The summed E-state index contributed by atoms with van der Waals surface area (Å²) in [6.07, 6.45) is 3.22. The Hall–Kier alpha value is -3.83. The quantitative estimate of drug-likeness (QED) is 0.402. The lowest BCUT2D eigenvalue weighted by molar-refractivity contribution is -0.387. The smallest absolute Gasteiger partial charge is 0.289 e. The first kappa shape index (κ1) is 22.4. The Bertz CT molecular complexity index is 1260. The van der Waals surface area contributed by atoms with Crippen molar-refractivity contribution < 1.29 is 22.9 Å². The lowest BCUT2D eigenvalue weighted by atomic mass is 10.2. The Balaban J connectivity index is 1.40. The van der Waals surface area contributed by atoms with Gasteiger partial charge in [-0.1, -0.05) is 12.1 Å². The molecular formula is C22H20N4O6S. The zero-order valence-electron chi connectivity index (χ0n) is 17.4. The van der Waals surface area contributed by atoms with E-state index < -0.39 is 20.6 Å². The van der Waals surface area contributed by atoms with Gasteiger partial charge in [-0.3, -0.25) is 19.9 Å². The Morgan fingerprint density at radius 1 is 0.939 bits per heavy atom. The van der Waals surface area contributed by atoms with Gasteiger partial charge >= 0.3 is 0 Å². The number of carbonyl (C=O) groups is 1. The van der Waals surface area contributed by atoms with Gasteiger partial charge in [0, 0.05) is 44.0 Å². The minimum Gasteiger partial charge on any atom is -0.456 e. The number of nitrogens with zero attached hydrogens (tertiary/aromatic N) is 4. The number of pyridine rings is 1. The predicted molar refractivity (Wildman–Crippen MR) is 119 cm³/mol. The summed E-state index contributed by atoms with van der Waals surface area (Å²) in [5.74, 6) is 0.901. The third kappa shape index (κ3) is 4.83. The third-order valence-corrected chi connectivity index (χ3v) is 7.12. The van der Waals surface area contributed by atoms with E-state index in [1.165, 1.54) is 22.5 Å². The van der Waals surface area contributed by atoms with Crippen molar-refractivity contribution >= 4 is 21.6 Å². The van der Waals surface area contributed by atoms with Crippen molar-refractivity contribution in [3.05, 3.63) is 88.7 Å². The number of benzene rings is 2.